The molecule has 0 spiro atoms. The molecule has 28 heavy (non-hydrogen) atoms. The van der Waals surface area contributed by atoms with Crippen molar-refractivity contribution in [3.63, 3.8) is 0 Å². The molecule has 5 nitrogen and oxygen atoms in total. The molecule has 1 aliphatic heterocycles. The molecule has 1 aromatic heterocycles. The number of hydrogen-bond donors (Lipinski definition) is 1. The lowest BCUT2D eigenvalue weighted by Crippen LogP contribution is -2.56. The van der Waals surface area contributed by atoms with Gasteiger partial charge in [-0.15, -0.1) is 11.3 Å². The molecule has 152 valence electrons. The Morgan fingerprint density at radius 1 is 1.21 bits per heavy atom. The number of aromatic nitrogens is 1. The van der Waals surface area contributed by atoms with Gasteiger partial charge >= 0.3 is 6.18 Å². The SMILES string of the molecule is CN=C(NCc1csc(-c2ccccc2)n1)N1CCN(C(C)C(F)(F)F)CC1. The lowest BCUT2D eigenvalue weighted by Gasteiger charge is -2.39. The van der Waals surface area contributed by atoms with Gasteiger partial charge < -0.3 is 10.2 Å². The first kappa shape index (κ1) is 20.6. The van der Waals surface area contributed by atoms with Crippen molar-refractivity contribution in [2.45, 2.75) is 25.7 Å². The van der Waals surface area contributed by atoms with E-state index in [0.29, 0.717) is 38.7 Å². The average Bonchev–Trinajstić information content (AvgIpc) is 3.17. The Hall–Kier alpha value is -2.13. The molecule has 1 saturated heterocycles. The molecule has 0 radical (unpaired) electrons. The van der Waals surface area contributed by atoms with Crippen LogP contribution in [0, 0.1) is 0 Å². The highest BCUT2D eigenvalue weighted by Crippen LogP contribution is 2.25. The second-order valence-corrected chi connectivity index (χ2v) is 7.51. The molecular weight excluding hydrogens is 387 g/mol. The van der Waals surface area contributed by atoms with Crippen molar-refractivity contribution in [1.29, 1.82) is 0 Å². The van der Waals surface area contributed by atoms with Crippen LogP contribution in [0.5, 0.6) is 0 Å². The van der Waals surface area contributed by atoms with E-state index in [4.69, 9.17) is 0 Å². The van der Waals surface area contributed by atoms with Gasteiger partial charge in [-0.25, -0.2) is 4.98 Å². The summed E-state index contributed by atoms with van der Waals surface area (Å²) in [6.45, 7) is 3.47. The first-order valence-electron chi connectivity index (χ1n) is 9.14. The third kappa shape index (κ3) is 5.02. The van der Waals surface area contributed by atoms with Crippen LogP contribution in [-0.4, -0.2) is 66.2 Å². The Kier molecular flexibility index (Phi) is 6.56. The zero-order chi connectivity index (χ0) is 20.1. The standard InChI is InChI=1S/C19H24F3N5S/c1-14(19(20,21)22)26-8-10-27(11-9-26)18(23-2)24-12-16-13-28-17(25-16)15-6-4-3-5-7-15/h3-7,13-14H,8-12H2,1-2H3,(H,23,24). The minimum absolute atomic E-state index is 0.357. The van der Waals surface area contributed by atoms with Crippen LogP contribution in [0.3, 0.4) is 0 Å². The Labute approximate surface area is 166 Å². The summed E-state index contributed by atoms with van der Waals surface area (Å²) < 4.78 is 38.7. The number of alkyl halides is 3. The predicted molar refractivity (Wildman–Crippen MR) is 106 cm³/mol. The first-order chi connectivity index (χ1) is 13.4. The minimum Gasteiger partial charge on any atom is -0.351 e. The maximum atomic E-state index is 12.9. The molecule has 0 amide bonds. The summed E-state index contributed by atoms with van der Waals surface area (Å²) in [7, 11) is 1.68. The summed E-state index contributed by atoms with van der Waals surface area (Å²) in [6, 6.07) is 8.56. The molecule has 1 fully saturated rings. The zero-order valence-electron chi connectivity index (χ0n) is 15.9. The summed E-state index contributed by atoms with van der Waals surface area (Å²) in [5, 5.41) is 6.24. The van der Waals surface area contributed by atoms with Crippen LogP contribution in [0.25, 0.3) is 10.6 Å². The molecule has 0 aliphatic carbocycles. The van der Waals surface area contributed by atoms with Crippen LogP contribution < -0.4 is 5.32 Å². The molecular formula is C19H24F3N5S. The summed E-state index contributed by atoms with van der Waals surface area (Å²) in [6.07, 6.45) is -4.19. The highest BCUT2D eigenvalue weighted by atomic mass is 32.1. The molecule has 9 heteroatoms. The van der Waals surface area contributed by atoms with E-state index >= 15 is 0 Å². The van der Waals surface area contributed by atoms with Crippen molar-refractivity contribution in [3.05, 3.63) is 41.4 Å². The van der Waals surface area contributed by atoms with E-state index in [-0.39, 0.29) is 0 Å². The maximum absolute atomic E-state index is 12.9. The van der Waals surface area contributed by atoms with Gasteiger partial charge in [-0.3, -0.25) is 9.89 Å². The molecule has 2 aromatic rings. The maximum Gasteiger partial charge on any atom is 0.403 e. The Balaban J connectivity index is 1.53. The molecule has 2 heterocycles. The fourth-order valence-electron chi connectivity index (χ4n) is 3.13. The lowest BCUT2D eigenvalue weighted by molar-refractivity contribution is -0.181. The van der Waals surface area contributed by atoms with Gasteiger partial charge in [-0.2, -0.15) is 13.2 Å². The number of thiazole rings is 1. The fourth-order valence-corrected chi connectivity index (χ4v) is 3.96. The van der Waals surface area contributed by atoms with Crippen molar-refractivity contribution in [3.8, 4) is 10.6 Å². The van der Waals surface area contributed by atoms with E-state index in [1.807, 2.05) is 40.6 Å². The van der Waals surface area contributed by atoms with Crippen LogP contribution in [0.15, 0.2) is 40.7 Å². The second-order valence-electron chi connectivity index (χ2n) is 6.65. The van der Waals surface area contributed by atoms with Gasteiger partial charge in [0.25, 0.3) is 0 Å². The highest BCUT2D eigenvalue weighted by molar-refractivity contribution is 7.13. The largest absolute Gasteiger partial charge is 0.403 e. The van der Waals surface area contributed by atoms with Crippen molar-refractivity contribution in [2.75, 3.05) is 33.2 Å². The van der Waals surface area contributed by atoms with E-state index in [1.54, 1.807) is 18.4 Å². The Morgan fingerprint density at radius 2 is 1.89 bits per heavy atom. The number of nitrogens with one attached hydrogen (secondary N) is 1. The molecule has 1 aromatic carbocycles. The first-order valence-corrected chi connectivity index (χ1v) is 10.0. The molecule has 1 unspecified atom stereocenters. The Morgan fingerprint density at radius 3 is 2.50 bits per heavy atom. The molecule has 1 aliphatic rings. The van der Waals surface area contributed by atoms with Crippen LogP contribution in [-0.2, 0) is 6.54 Å². The van der Waals surface area contributed by atoms with Gasteiger partial charge in [-0.05, 0) is 6.92 Å². The summed E-state index contributed by atoms with van der Waals surface area (Å²) >= 11 is 1.59. The van der Waals surface area contributed by atoms with Gasteiger partial charge in [0, 0.05) is 44.2 Å². The topological polar surface area (TPSA) is 43.8 Å². The second kappa shape index (κ2) is 8.91. The number of halogens is 3. The van der Waals surface area contributed by atoms with E-state index in [0.717, 1.165) is 16.3 Å². The van der Waals surface area contributed by atoms with Crippen molar-refractivity contribution in [1.82, 2.24) is 20.1 Å². The number of rotatable bonds is 4. The quantitative estimate of drug-likeness (QED) is 0.618. The smallest absolute Gasteiger partial charge is 0.351 e. The average molecular weight is 411 g/mol. The van der Waals surface area contributed by atoms with Gasteiger partial charge in [0.05, 0.1) is 12.2 Å². The van der Waals surface area contributed by atoms with Crippen LogP contribution in [0.1, 0.15) is 12.6 Å². The summed E-state index contributed by atoms with van der Waals surface area (Å²) in [5.74, 6) is 0.688. The number of benzene rings is 1. The van der Waals surface area contributed by atoms with E-state index in [9.17, 15) is 13.2 Å². The van der Waals surface area contributed by atoms with Crippen LogP contribution in [0.2, 0.25) is 0 Å². The van der Waals surface area contributed by atoms with Gasteiger partial charge in [-0.1, -0.05) is 30.3 Å². The van der Waals surface area contributed by atoms with Crippen LogP contribution >= 0.6 is 11.3 Å². The fraction of sp³-hybridized carbons (Fsp3) is 0.474. The van der Waals surface area contributed by atoms with Gasteiger partial charge in [0.2, 0.25) is 0 Å². The van der Waals surface area contributed by atoms with Crippen molar-refractivity contribution in [2.24, 2.45) is 4.99 Å². The van der Waals surface area contributed by atoms with Gasteiger partial charge in [0.1, 0.15) is 11.0 Å². The Bertz CT molecular complexity index is 782. The number of aliphatic imine (C=N–C) groups is 1. The van der Waals surface area contributed by atoms with E-state index < -0.39 is 12.2 Å². The lowest BCUT2D eigenvalue weighted by atomic mass is 10.2. The molecule has 1 atom stereocenters. The molecule has 1 N–H and O–H groups in total. The van der Waals surface area contributed by atoms with E-state index in [1.165, 1.54) is 11.8 Å². The third-order valence-corrected chi connectivity index (χ3v) is 5.79. The van der Waals surface area contributed by atoms with Crippen molar-refractivity contribution < 1.29 is 13.2 Å². The minimum atomic E-state index is -4.19. The number of guanidine groups is 1. The monoisotopic (exact) mass is 411 g/mol. The third-order valence-electron chi connectivity index (χ3n) is 4.85. The zero-order valence-corrected chi connectivity index (χ0v) is 16.7. The normalized spacial score (nSPS) is 17.6. The number of nitrogens with zero attached hydrogens (tertiary/aromatic N) is 4. The highest BCUT2D eigenvalue weighted by Gasteiger charge is 2.41. The van der Waals surface area contributed by atoms with Crippen LogP contribution in [0.4, 0.5) is 13.2 Å². The van der Waals surface area contributed by atoms with E-state index in [2.05, 4.69) is 15.3 Å². The molecule has 0 saturated carbocycles. The predicted octanol–water partition coefficient (Wildman–Crippen LogP) is 3.45. The van der Waals surface area contributed by atoms with Crippen molar-refractivity contribution >= 4 is 17.3 Å². The summed E-state index contributed by atoms with van der Waals surface area (Å²) in [4.78, 5) is 12.4. The molecule has 0 bridgehead atoms. The molecule has 3 rings (SSSR count). The van der Waals surface area contributed by atoms with Gasteiger partial charge in [0.15, 0.2) is 5.96 Å². The number of hydrogen-bond acceptors (Lipinski definition) is 4. The number of piperazine rings is 1. The summed E-state index contributed by atoms with van der Waals surface area (Å²) in [5.41, 5.74) is 1.99.